The van der Waals surface area contributed by atoms with Crippen LogP contribution in [0.3, 0.4) is 0 Å². The fourth-order valence-electron chi connectivity index (χ4n) is 1.03. The van der Waals surface area contributed by atoms with Crippen molar-refractivity contribution in [1.82, 2.24) is 0 Å². The molecular weight excluding hydrogens is 209 g/mol. The van der Waals surface area contributed by atoms with Crippen LogP contribution < -0.4 is 0 Å². The highest BCUT2D eigenvalue weighted by Crippen LogP contribution is 2.27. The summed E-state index contributed by atoms with van der Waals surface area (Å²) in [5, 5.41) is 17.1. The molecule has 1 rings (SSSR count). The van der Waals surface area contributed by atoms with E-state index < -0.39 is 17.7 Å². The van der Waals surface area contributed by atoms with Crippen LogP contribution in [0.1, 0.15) is 11.5 Å². The molecule has 5 heteroatoms. The molecule has 1 aromatic carbocycles. The maximum atomic E-state index is 13.1. The Morgan fingerprint density at radius 2 is 2.29 bits per heavy atom. The van der Waals surface area contributed by atoms with E-state index >= 15 is 0 Å². The normalized spacial score (nSPS) is 11.8. The zero-order valence-corrected chi connectivity index (χ0v) is 7.62. The molecule has 0 aromatic heterocycles. The van der Waals surface area contributed by atoms with E-state index in [-0.39, 0.29) is 10.6 Å². The van der Waals surface area contributed by atoms with Gasteiger partial charge in [-0.25, -0.2) is 4.39 Å². The van der Waals surface area contributed by atoms with Crippen LogP contribution in [0.2, 0.25) is 5.02 Å². The molecule has 0 fully saturated rings. The summed E-state index contributed by atoms with van der Waals surface area (Å²) in [6.07, 6.45) is 0. The van der Waals surface area contributed by atoms with Crippen LogP contribution in [0.5, 0.6) is 0 Å². The first-order valence-electron chi connectivity index (χ1n) is 3.64. The zero-order valence-electron chi connectivity index (χ0n) is 6.87. The van der Waals surface area contributed by atoms with Crippen molar-refractivity contribution >= 4 is 17.6 Å². The van der Waals surface area contributed by atoms with Crippen molar-refractivity contribution in [3.8, 4) is 6.07 Å². The van der Waals surface area contributed by atoms with Crippen LogP contribution in [0.4, 0.5) is 4.39 Å². The Labute approximate surface area is 84.3 Å². The van der Waals surface area contributed by atoms with E-state index in [4.69, 9.17) is 22.0 Å². The van der Waals surface area contributed by atoms with Crippen molar-refractivity contribution < 1.29 is 14.3 Å². The molecule has 1 unspecified atom stereocenters. The van der Waals surface area contributed by atoms with Gasteiger partial charge in [-0.1, -0.05) is 17.7 Å². The average Bonchev–Trinajstić information content (AvgIpc) is 2.10. The van der Waals surface area contributed by atoms with Gasteiger partial charge >= 0.3 is 5.97 Å². The van der Waals surface area contributed by atoms with Gasteiger partial charge in [-0.3, -0.25) is 4.79 Å². The quantitative estimate of drug-likeness (QED) is 0.819. The minimum absolute atomic E-state index is 0.0565. The summed E-state index contributed by atoms with van der Waals surface area (Å²) in [7, 11) is 0. The molecule has 0 saturated heterocycles. The van der Waals surface area contributed by atoms with Gasteiger partial charge < -0.3 is 5.11 Å². The molecule has 0 aliphatic carbocycles. The van der Waals surface area contributed by atoms with Crippen molar-refractivity contribution in [1.29, 1.82) is 5.26 Å². The van der Waals surface area contributed by atoms with Crippen molar-refractivity contribution in [2.24, 2.45) is 0 Å². The van der Waals surface area contributed by atoms with Gasteiger partial charge in [0.25, 0.3) is 0 Å². The average molecular weight is 214 g/mol. The summed E-state index contributed by atoms with van der Waals surface area (Å²) >= 11 is 5.59. The molecule has 14 heavy (non-hydrogen) atoms. The maximum absolute atomic E-state index is 13.1. The number of aliphatic carboxylic acids is 1. The van der Waals surface area contributed by atoms with Gasteiger partial charge in [0.05, 0.1) is 6.07 Å². The second-order valence-corrected chi connectivity index (χ2v) is 2.94. The molecule has 0 radical (unpaired) electrons. The Morgan fingerprint density at radius 3 is 2.71 bits per heavy atom. The second kappa shape index (κ2) is 4.07. The van der Waals surface area contributed by atoms with Crippen molar-refractivity contribution in [3.63, 3.8) is 0 Å². The SMILES string of the molecule is N#CC(C(=O)O)c1c(F)cccc1Cl. The molecule has 0 aliphatic heterocycles. The highest BCUT2D eigenvalue weighted by molar-refractivity contribution is 6.31. The zero-order chi connectivity index (χ0) is 10.7. The van der Waals surface area contributed by atoms with E-state index in [0.29, 0.717) is 0 Å². The van der Waals surface area contributed by atoms with Gasteiger partial charge in [-0.15, -0.1) is 0 Å². The van der Waals surface area contributed by atoms with Crippen LogP contribution >= 0.6 is 11.6 Å². The Hall–Kier alpha value is -1.60. The monoisotopic (exact) mass is 213 g/mol. The first kappa shape index (κ1) is 10.5. The summed E-state index contributed by atoms with van der Waals surface area (Å²) in [5.41, 5.74) is -0.288. The highest BCUT2D eigenvalue weighted by atomic mass is 35.5. The Kier molecular flexibility index (Phi) is 3.05. The van der Waals surface area contributed by atoms with E-state index in [2.05, 4.69) is 0 Å². The van der Waals surface area contributed by atoms with Crippen molar-refractivity contribution in [2.75, 3.05) is 0 Å². The summed E-state index contributed by atoms with van der Waals surface area (Å²) in [6.45, 7) is 0. The lowest BCUT2D eigenvalue weighted by Gasteiger charge is -2.07. The third-order valence-electron chi connectivity index (χ3n) is 1.66. The largest absolute Gasteiger partial charge is 0.480 e. The smallest absolute Gasteiger partial charge is 0.325 e. The molecule has 1 aromatic rings. The van der Waals surface area contributed by atoms with Crippen LogP contribution in [0.15, 0.2) is 18.2 Å². The standard InChI is InChI=1S/C9H5ClFNO2/c10-6-2-1-3-7(11)8(6)5(4-12)9(13)14/h1-3,5H,(H,13,14). The summed E-state index contributed by atoms with van der Waals surface area (Å²) in [4.78, 5) is 10.6. The van der Waals surface area contributed by atoms with E-state index in [1.165, 1.54) is 18.2 Å². The van der Waals surface area contributed by atoms with Crippen molar-refractivity contribution in [3.05, 3.63) is 34.6 Å². The Bertz CT molecular complexity index is 394. The maximum Gasteiger partial charge on any atom is 0.325 e. The molecule has 1 atom stereocenters. The molecule has 1 N–H and O–H groups in total. The first-order chi connectivity index (χ1) is 6.57. The van der Waals surface area contributed by atoms with Gasteiger partial charge in [-0.2, -0.15) is 5.26 Å². The summed E-state index contributed by atoms with van der Waals surface area (Å²) < 4.78 is 13.1. The topological polar surface area (TPSA) is 61.1 Å². The Balaban J connectivity index is 3.31. The van der Waals surface area contributed by atoms with Gasteiger partial charge in [-0.05, 0) is 12.1 Å². The van der Waals surface area contributed by atoms with Crippen LogP contribution in [-0.2, 0) is 4.79 Å². The molecule has 3 nitrogen and oxygen atoms in total. The number of nitriles is 1. The lowest BCUT2D eigenvalue weighted by molar-refractivity contribution is -0.137. The lowest BCUT2D eigenvalue weighted by Crippen LogP contribution is -2.11. The first-order valence-corrected chi connectivity index (χ1v) is 4.02. The third-order valence-corrected chi connectivity index (χ3v) is 1.99. The van der Waals surface area contributed by atoms with E-state index in [1.807, 2.05) is 0 Å². The second-order valence-electron chi connectivity index (χ2n) is 2.54. The number of hydrogen-bond acceptors (Lipinski definition) is 2. The molecular formula is C9H5ClFNO2. The van der Waals surface area contributed by atoms with Crippen LogP contribution in [0.25, 0.3) is 0 Å². The fraction of sp³-hybridized carbons (Fsp3) is 0.111. The molecule has 0 bridgehead atoms. The summed E-state index contributed by atoms with van der Waals surface area (Å²) in [5.74, 6) is -3.77. The number of rotatable bonds is 2. The summed E-state index contributed by atoms with van der Waals surface area (Å²) in [6, 6.07) is 5.22. The number of carbonyl (C=O) groups is 1. The molecule has 0 aliphatic rings. The fourth-order valence-corrected chi connectivity index (χ4v) is 1.30. The number of hydrogen-bond donors (Lipinski definition) is 1. The molecule has 0 amide bonds. The number of nitrogens with zero attached hydrogens (tertiary/aromatic N) is 1. The highest BCUT2D eigenvalue weighted by Gasteiger charge is 2.25. The number of halogens is 2. The predicted molar refractivity (Wildman–Crippen MR) is 47.4 cm³/mol. The van der Waals surface area contributed by atoms with E-state index in [0.717, 1.165) is 6.07 Å². The van der Waals surface area contributed by atoms with E-state index in [9.17, 15) is 9.18 Å². The Morgan fingerprint density at radius 1 is 1.64 bits per heavy atom. The predicted octanol–water partition coefficient (Wildman–Crippen LogP) is 2.17. The van der Waals surface area contributed by atoms with Crippen LogP contribution in [-0.4, -0.2) is 11.1 Å². The lowest BCUT2D eigenvalue weighted by atomic mass is 10.0. The van der Waals surface area contributed by atoms with Gasteiger partial charge in [0, 0.05) is 10.6 Å². The number of carboxylic acids is 1. The van der Waals surface area contributed by atoms with Gasteiger partial charge in [0.2, 0.25) is 0 Å². The minimum Gasteiger partial charge on any atom is -0.480 e. The minimum atomic E-state index is -1.57. The number of carboxylic acid groups (broad SMARTS) is 1. The molecule has 0 saturated carbocycles. The van der Waals surface area contributed by atoms with Gasteiger partial charge in [0.15, 0.2) is 5.92 Å². The van der Waals surface area contributed by atoms with Crippen molar-refractivity contribution in [2.45, 2.75) is 5.92 Å². The molecule has 0 spiro atoms. The number of benzene rings is 1. The van der Waals surface area contributed by atoms with Gasteiger partial charge in [0.1, 0.15) is 5.82 Å². The third kappa shape index (κ3) is 1.83. The van der Waals surface area contributed by atoms with E-state index in [1.54, 1.807) is 0 Å². The molecule has 72 valence electrons. The molecule has 0 heterocycles. The van der Waals surface area contributed by atoms with Crippen LogP contribution in [0, 0.1) is 17.1 Å².